The van der Waals surface area contributed by atoms with Crippen LogP contribution in [0.1, 0.15) is 51.9 Å². The first-order valence-electron chi connectivity index (χ1n) is 9.28. The maximum absolute atomic E-state index is 11.9. The number of esters is 2. The van der Waals surface area contributed by atoms with Crippen molar-refractivity contribution >= 4 is 19.8 Å². The molecule has 0 aromatic rings. The Morgan fingerprint density at radius 3 is 2.16 bits per heavy atom. The second-order valence-electron chi connectivity index (χ2n) is 5.87. The van der Waals surface area contributed by atoms with Crippen LogP contribution in [0.2, 0.25) is 0 Å². The first-order valence-corrected chi connectivity index (χ1v) is 10.7. The van der Waals surface area contributed by atoms with Gasteiger partial charge in [-0.1, -0.05) is 39.0 Å². The van der Waals surface area contributed by atoms with E-state index < -0.39 is 39.1 Å². The van der Waals surface area contributed by atoms with E-state index in [-0.39, 0.29) is 65.5 Å². The molecule has 8 nitrogen and oxygen atoms in total. The van der Waals surface area contributed by atoms with Gasteiger partial charge in [0, 0.05) is 12.3 Å². The Kier molecular flexibility index (Phi) is 26.3. The molecule has 0 spiro atoms. The average Bonchev–Trinajstić information content (AvgIpc) is 2.68. The summed E-state index contributed by atoms with van der Waals surface area (Å²) >= 11 is 0. The third-order valence-electron chi connectivity index (χ3n) is 3.34. The van der Waals surface area contributed by atoms with Crippen LogP contribution in [-0.2, 0) is 28.2 Å². The van der Waals surface area contributed by atoms with Crippen LogP contribution < -0.4 is 68.9 Å². The number of carbonyl (C=O) groups excluding carboxylic acids is 2. The largest absolute Gasteiger partial charge is 1.00 e. The molecule has 0 N–H and O–H groups in total. The summed E-state index contributed by atoms with van der Waals surface area (Å²) in [5.41, 5.74) is 0. The van der Waals surface area contributed by atoms with E-state index >= 15 is 0 Å². The number of phosphoric acid groups is 1. The monoisotopic (exact) mass is 480 g/mol. The molecule has 162 valence electrons. The van der Waals surface area contributed by atoms with Gasteiger partial charge in [0.1, 0.15) is 6.61 Å². The minimum Gasteiger partial charge on any atom is -0.790 e. The smallest absolute Gasteiger partial charge is 0.790 e. The number of unbranched alkanes of at least 4 members (excludes halogenated alkanes) is 5. The van der Waals surface area contributed by atoms with Crippen molar-refractivity contribution < 1.29 is 97.1 Å². The van der Waals surface area contributed by atoms with Crippen molar-refractivity contribution in [2.24, 2.45) is 0 Å². The van der Waals surface area contributed by atoms with Gasteiger partial charge in [0.25, 0.3) is 0 Å². The quantitative estimate of drug-likeness (QED) is 0.0640. The Morgan fingerprint density at radius 2 is 1.53 bits per heavy atom. The average molecular weight is 480 g/mol. The number of terminal acetylenes is 1. The molecule has 0 aliphatic rings. The maximum atomic E-state index is 11.9. The Hall–Kier alpha value is -0.710. The molecule has 0 aromatic carbocycles. The van der Waals surface area contributed by atoms with Crippen molar-refractivity contribution in [1.29, 1.82) is 0 Å². The molecule has 0 amide bonds. The van der Waals surface area contributed by atoms with Crippen LogP contribution in [0.25, 0.3) is 0 Å². The number of hydrogen-bond acceptors (Lipinski definition) is 8. The maximum Gasteiger partial charge on any atom is 1.00 e. The van der Waals surface area contributed by atoms with Crippen LogP contribution in [0, 0.1) is 47.9 Å². The van der Waals surface area contributed by atoms with Crippen LogP contribution >= 0.6 is 7.82 Å². The summed E-state index contributed by atoms with van der Waals surface area (Å²) in [6.45, 7) is 0.790. The molecule has 11 heteroatoms. The summed E-state index contributed by atoms with van der Waals surface area (Å²) in [5.74, 6) is 13.7. The first-order chi connectivity index (χ1) is 14.3. The van der Waals surface area contributed by atoms with Gasteiger partial charge in [-0.3, -0.25) is 4.79 Å². The van der Waals surface area contributed by atoms with Gasteiger partial charge in [0.05, 0.1) is 14.4 Å². The van der Waals surface area contributed by atoms with E-state index in [0.717, 1.165) is 32.1 Å². The number of hydrogen-bond donors (Lipinski definition) is 0. The van der Waals surface area contributed by atoms with E-state index in [1.54, 1.807) is 0 Å². The van der Waals surface area contributed by atoms with Gasteiger partial charge in [0.15, 0.2) is 6.10 Å². The van der Waals surface area contributed by atoms with Crippen molar-refractivity contribution in [2.75, 3.05) is 13.2 Å². The molecule has 0 aliphatic heterocycles. The molecule has 0 saturated carbocycles. The second-order valence-corrected chi connectivity index (χ2v) is 7.02. The van der Waals surface area contributed by atoms with Crippen molar-refractivity contribution in [1.82, 2.24) is 0 Å². The SMILES string of the molecule is C#CC#CC#CC#CC(=O)OC[C@@H](COP(=O)([O-])[O-])OC(=O)CCCCCCCC.[Na+].[Na+]. The minimum atomic E-state index is -5.28. The van der Waals surface area contributed by atoms with Gasteiger partial charge in [-0.2, -0.15) is 0 Å². The number of ether oxygens (including phenoxy) is 2. The Labute approximate surface area is 234 Å². The normalized spacial score (nSPS) is 9.94. The van der Waals surface area contributed by atoms with Crippen LogP contribution in [0.15, 0.2) is 0 Å². The van der Waals surface area contributed by atoms with Gasteiger partial charge in [-0.05, 0) is 41.9 Å². The zero-order valence-electron chi connectivity index (χ0n) is 18.7. The summed E-state index contributed by atoms with van der Waals surface area (Å²) in [6.07, 6.45) is 9.51. The standard InChI is InChI=1S/C21H25O8P.2Na/c1-3-5-7-9-11-13-15-20(22)27-17-19(18-28-30(24,25)26)29-21(23)16-14-12-10-8-6-4-2;;/h1,19H,4,6,8,10,12,14,16-18H2,2H3,(H2,24,25,26);;/q;2*+1/p-2/t19-;;/m0../s1. The summed E-state index contributed by atoms with van der Waals surface area (Å²) in [5, 5.41) is 0. The number of phosphoric ester groups is 1. The minimum absolute atomic E-state index is 0. The molecule has 0 saturated heterocycles. The van der Waals surface area contributed by atoms with Crippen LogP contribution in [-0.4, -0.2) is 31.3 Å². The first kappa shape index (κ1) is 35.9. The zero-order chi connectivity index (χ0) is 22.7. The van der Waals surface area contributed by atoms with E-state index in [2.05, 4.69) is 41.0 Å². The Balaban J connectivity index is -0.00000420. The van der Waals surface area contributed by atoms with E-state index in [4.69, 9.17) is 15.9 Å². The molecule has 0 aliphatic carbocycles. The van der Waals surface area contributed by atoms with E-state index in [1.807, 2.05) is 11.8 Å². The molecule has 0 aromatic heterocycles. The van der Waals surface area contributed by atoms with Gasteiger partial charge < -0.3 is 28.3 Å². The molecule has 0 heterocycles. The second kappa shape index (κ2) is 23.4. The summed E-state index contributed by atoms with van der Waals surface area (Å²) in [6, 6.07) is 0. The predicted molar refractivity (Wildman–Crippen MR) is 105 cm³/mol. The molecule has 1 atom stereocenters. The zero-order valence-corrected chi connectivity index (χ0v) is 23.6. The number of carbonyl (C=O) groups is 2. The molecule has 0 fully saturated rings. The van der Waals surface area contributed by atoms with Crippen molar-refractivity contribution in [2.45, 2.75) is 58.0 Å². The molecular formula is C21H23Na2O8P. The van der Waals surface area contributed by atoms with E-state index in [9.17, 15) is 23.9 Å². The molecule has 32 heavy (non-hydrogen) atoms. The fourth-order valence-electron chi connectivity index (χ4n) is 2.00. The summed E-state index contributed by atoms with van der Waals surface area (Å²) in [7, 11) is -5.28. The third-order valence-corrected chi connectivity index (χ3v) is 3.80. The van der Waals surface area contributed by atoms with Gasteiger partial charge in [0.2, 0.25) is 0 Å². The van der Waals surface area contributed by atoms with Gasteiger partial charge in [-0.15, -0.1) is 6.42 Å². The van der Waals surface area contributed by atoms with Crippen LogP contribution in [0.4, 0.5) is 0 Å². The van der Waals surface area contributed by atoms with E-state index in [1.165, 1.54) is 0 Å². The fraction of sp³-hybridized carbons (Fsp3) is 0.524. The molecular weight excluding hydrogens is 457 g/mol. The van der Waals surface area contributed by atoms with Gasteiger partial charge >= 0.3 is 71.1 Å². The fourth-order valence-corrected chi connectivity index (χ4v) is 2.35. The number of rotatable bonds is 13. The third kappa shape index (κ3) is 25.5. The van der Waals surface area contributed by atoms with Gasteiger partial charge in [-0.25, -0.2) is 4.79 Å². The van der Waals surface area contributed by atoms with E-state index in [0.29, 0.717) is 6.42 Å². The molecule has 0 unspecified atom stereocenters. The summed E-state index contributed by atoms with van der Waals surface area (Å²) < 4.78 is 24.6. The molecule has 0 rings (SSSR count). The van der Waals surface area contributed by atoms with Crippen LogP contribution in [0.5, 0.6) is 0 Å². The Bertz CT molecular complexity index is 828. The van der Waals surface area contributed by atoms with Crippen molar-refractivity contribution in [3.8, 4) is 47.9 Å². The van der Waals surface area contributed by atoms with Crippen molar-refractivity contribution in [3.63, 3.8) is 0 Å². The van der Waals surface area contributed by atoms with Crippen molar-refractivity contribution in [3.05, 3.63) is 0 Å². The Morgan fingerprint density at radius 1 is 0.938 bits per heavy atom. The molecule has 0 radical (unpaired) electrons. The summed E-state index contributed by atoms with van der Waals surface area (Å²) in [4.78, 5) is 44.7. The van der Waals surface area contributed by atoms with Crippen LogP contribution in [0.3, 0.4) is 0 Å². The predicted octanol–water partition coefficient (Wildman–Crippen LogP) is -5.31. The molecule has 0 bridgehead atoms. The topological polar surface area (TPSA) is 125 Å².